The normalized spacial score (nSPS) is 11.0. The van der Waals surface area contributed by atoms with E-state index in [-0.39, 0.29) is 15.8 Å². The maximum absolute atomic E-state index is 12.6. The summed E-state index contributed by atoms with van der Waals surface area (Å²) in [7, 11) is 0. The summed E-state index contributed by atoms with van der Waals surface area (Å²) in [6, 6.07) is 6.32. The lowest BCUT2D eigenvalue weighted by Crippen LogP contribution is -2.33. The summed E-state index contributed by atoms with van der Waals surface area (Å²) in [6.45, 7) is 1.64. The molecule has 0 aliphatic heterocycles. The molecule has 0 spiro atoms. The van der Waals surface area contributed by atoms with Gasteiger partial charge in [-0.15, -0.1) is 11.3 Å². The number of hydrogen-bond donors (Lipinski definition) is 2. The van der Waals surface area contributed by atoms with Gasteiger partial charge in [-0.3, -0.25) is 4.79 Å². The van der Waals surface area contributed by atoms with E-state index >= 15 is 0 Å². The summed E-state index contributed by atoms with van der Waals surface area (Å²) >= 11 is 6.85. The molecule has 0 atom stereocenters. The Morgan fingerprint density at radius 1 is 1.36 bits per heavy atom. The van der Waals surface area contributed by atoms with Gasteiger partial charge in [0.1, 0.15) is 4.88 Å². The van der Waals surface area contributed by atoms with Crippen molar-refractivity contribution >= 4 is 39.8 Å². The number of hydrogen-bond acceptors (Lipinski definition) is 4. The first kappa shape index (κ1) is 14.6. The number of halogens is 1. The van der Waals surface area contributed by atoms with Crippen LogP contribution >= 0.6 is 22.9 Å². The van der Waals surface area contributed by atoms with Crippen LogP contribution < -0.4 is 11.2 Å². The van der Waals surface area contributed by atoms with E-state index in [1.165, 1.54) is 6.07 Å². The van der Waals surface area contributed by atoms with Crippen LogP contribution in [-0.2, 0) is 0 Å². The van der Waals surface area contributed by atoms with Crippen LogP contribution in [0.3, 0.4) is 0 Å². The molecule has 6 nitrogen and oxygen atoms in total. The average molecular weight is 337 g/mol. The summed E-state index contributed by atoms with van der Waals surface area (Å²) in [6.07, 6.45) is 0. The minimum absolute atomic E-state index is 0.0556. The quantitative estimate of drug-likeness (QED) is 0.751. The minimum Gasteiger partial charge on any atom is -0.477 e. The zero-order valence-electron chi connectivity index (χ0n) is 11.2. The van der Waals surface area contributed by atoms with E-state index < -0.39 is 17.2 Å². The summed E-state index contributed by atoms with van der Waals surface area (Å²) in [5.74, 6) is -1.18. The third-order valence-electron chi connectivity index (χ3n) is 3.20. The molecule has 0 saturated carbocycles. The van der Waals surface area contributed by atoms with Crippen LogP contribution in [0.2, 0.25) is 5.02 Å². The van der Waals surface area contributed by atoms with Gasteiger partial charge < -0.3 is 10.1 Å². The number of carbonyl (C=O) groups is 1. The number of aromatic carboxylic acids is 1. The number of carboxylic acid groups (broad SMARTS) is 1. The monoisotopic (exact) mass is 336 g/mol. The van der Waals surface area contributed by atoms with Gasteiger partial charge in [0.2, 0.25) is 0 Å². The Morgan fingerprint density at radius 2 is 2.09 bits per heavy atom. The van der Waals surface area contributed by atoms with Crippen LogP contribution in [0.4, 0.5) is 0 Å². The van der Waals surface area contributed by atoms with Crippen LogP contribution in [0.15, 0.2) is 33.9 Å². The second-order valence-corrected chi connectivity index (χ2v) is 6.25. The van der Waals surface area contributed by atoms with E-state index in [0.29, 0.717) is 15.6 Å². The van der Waals surface area contributed by atoms with Gasteiger partial charge in [-0.1, -0.05) is 17.7 Å². The Hall–Kier alpha value is -2.38. The van der Waals surface area contributed by atoms with Gasteiger partial charge in [0, 0.05) is 9.90 Å². The summed E-state index contributed by atoms with van der Waals surface area (Å²) in [5.41, 5.74) is -0.895. The molecule has 0 fully saturated rings. The van der Waals surface area contributed by atoms with Crippen molar-refractivity contribution in [1.82, 2.24) is 9.55 Å². The smallest absolute Gasteiger partial charge is 0.348 e. The van der Waals surface area contributed by atoms with Crippen molar-refractivity contribution < 1.29 is 9.90 Å². The van der Waals surface area contributed by atoms with Crippen LogP contribution in [0.1, 0.15) is 14.5 Å². The fourth-order valence-electron chi connectivity index (χ4n) is 2.29. The van der Waals surface area contributed by atoms with Gasteiger partial charge in [0.15, 0.2) is 0 Å². The lowest BCUT2D eigenvalue weighted by molar-refractivity contribution is 0.0704. The summed E-state index contributed by atoms with van der Waals surface area (Å²) in [4.78, 5) is 39.0. The molecule has 3 rings (SSSR count). The molecule has 8 heteroatoms. The molecule has 0 radical (unpaired) electrons. The fourth-order valence-corrected chi connectivity index (χ4v) is 3.41. The molecular formula is C14H9ClN2O4S. The van der Waals surface area contributed by atoms with E-state index in [1.807, 2.05) is 0 Å². The Balaban J connectivity index is 2.45. The maximum atomic E-state index is 12.6. The van der Waals surface area contributed by atoms with E-state index in [1.54, 1.807) is 25.1 Å². The van der Waals surface area contributed by atoms with Crippen LogP contribution in [0.25, 0.3) is 16.6 Å². The molecule has 2 aromatic heterocycles. The Kier molecular flexibility index (Phi) is 3.38. The van der Waals surface area contributed by atoms with Crippen LogP contribution in [0.5, 0.6) is 0 Å². The van der Waals surface area contributed by atoms with Crippen molar-refractivity contribution in [3.8, 4) is 5.69 Å². The van der Waals surface area contributed by atoms with Gasteiger partial charge in [-0.05, 0) is 25.1 Å². The highest BCUT2D eigenvalue weighted by Gasteiger charge is 2.20. The number of nitrogens with one attached hydrogen (secondary N) is 1. The van der Waals surface area contributed by atoms with Crippen molar-refractivity contribution in [2.45, 2.75) is 6.92 Å². The summed E-state index contributed by atoms with van der Waals surface area (Å²) < 4.78 is 0.944. The lowest BCUT2D eigenvalue weighted by Gasteiger charge is -2.05. The largest absolute Gasteiger partial charge is 0.477 e. The molecule has 2 N–H and O–H groups in total. The van der Waals surface area contributed by atoms with Crippen LogP contribution in [0, 0.1) is 6.92 Å². The molecule has 0 aliphatic carbocycles. The first-order valence-corrected chi connectivity index (χ1v) is 7.37. The van der Waals surface area contributed by atoms with Crippen LogP contribution in [-0.4, -0.2) is 20.6 Å². The third kappa shape index (κ3) is 2.15. The van der Waals surface area contributed by atoms with E-state index in [4.69, 9.17) is 16.7 Å². The van der Waals surface area contributed by atoms with Crippen molar-refractivity contribution in [3.63, 3.8) is 0 Å². The van der Waals surface area contributed by atoms with Gasteiger partial charge in [-0.25, -0.2) is 14.2 Å². The average Bonchev–Trinajstić information content (AvgIpc) is 2.76. The number of thiophene rings is 1. The van der Waals surface area contributed by atoms with E-state index in [0.717, 1.165) is 15.9 Å². The first-order chi connectivity index (χ1) is 10.4. The molecule has 0 amide bonds. The molecule has 0 bridgehead atoms. The molecular weight excluding hydrogens is 328 g/mol. The number of rotatable bonds is 2. The standard InChI is InChI=1S/C14H9ClN2O4S/c1-6-9-10(11(22-6)13(19)20)16-14(21)17(12(9)18)8-4-2-3-7(15)5-8/h2-5H,1H3,(H,16,21)(H,19,20). The van der Waals surface area contributed by atoms with Crippen molar-refractivity contribution in [2.24, 2.45) is 0 Å². The Labute approximate surface area is 132 Å². The minimum atomic E-state index is -1.18. The SMILES string of the molecule is Cc1sc(C(=O)O)c2[nH]c(=O)n(-c3cccc(Cl)c3)c(=O)c12. The molecule has 22 heavy (non-hydrogen) atoms. The van der Waals surface area contributed by atoms with Crippen molar-refractivity contribution in [2.75, 3.05) is 0 Å². The molecule has 2 heterocycles. The summed E-state index contributed by atoms with van der Waals surface area (Å²) in [5, 5.41) is 9.75. The second kappa shape index (κ2) is 5.11. The number of carboxylic acids is 1. The number of fused-ring (bicyclic) bond motifs is 1. The topological polar surface area (TPSA) is 92.2 Å². The number of nitrogens with zero attached hydrogens (tertiary/aromatic N) is 1. The van der Waals surface area contributed by atoms with Crippen molar-refractivity contribution in [3.05, 3.63) is 59.9 Å². The number of aromatic nitrogens is 2. The fraction of sp³-hybridized carbons (Fsp3) is 0.0714. The number of aryl methyl sites for hydroxylation is 1. The van der Waals surface area contributed by atoms with Gasteiger partial charge in [0.05, 0.1) is 16.6 Å². The molecule has 0 unspecified atom stereocenters. The highest BCUT2D eigenvalue weighted by molar-refractivity contribution is 7.15. The molecule has 3 aromatic rings. The van der Waals surface area contributed by atoms with E-state index in [9.17, 15) is 14.4 Å². The highest BCUT2D eigenvalue weighted by Crippen LogP contribution is 2.26. The predicted molar refractivity (Wildman–Crippen MR) is 84.7 cm³/mol. The number of benzene rings is 1. The molecule has 112 valence electrons. The zero-order chi connectivity index (χ0) is 16.0. The van der Waals surface area contributed by atoms with Crippen molar-refractivity contribution in [1.29, 1.82) is 0 Å². The highest BCUT2D eigenvalue weighted by atomic mass is 35.5. The Morgan fingerprint density at radius 3 is 2.73 bits per heavy atom. The van der Waals surface area contributed by atoms with Gasteiger partial charge >= 0.3 is 11.7 Å². The zero-order valence-corrected chi connectivity index (χ0v) is 12.8. The number of aromatic amines is 1. The van der Waals surface area contributed by atoms with Gasteiger partial charge in [0.25, 0.3) is 5.56 Å². The molecule has 0 saturated heterocycles. The third-order valence-corrected chi connectivity index (χ3v) is 4.53. The lowest BCUT2D eigenvalue weighted by atomic mass is 10.2. The molecule has 1 aromatic carbocycles. The second-order valence-electron chi connectivity index (χ2n) is 4.59. The van der Waals surface area contributed by atoms with E-state index in [2.05, 4.69) is 4.98 Å². The van der Waals surface area contributed by atoms with Gasteiger partial charge in [-0.2, -0.15) is 0 Å². The number of H-pyrrole nitrogens is 1. The maximum Gasteiger partial charge on any atom is 0.348 e. The first-order valence-electron chi connectivity index (χ1n) is 6.18. The predicted octanol–water partition coefficient (Wildman–Crippen LogP) is 2.40. The Bertz CT molecular complexity index is 1030. The molecule has 0 aliphatic rings.